The van der Waals surface area contributed by atoms with Crippen molar-refractivity contribution in [2.24, 2.45) is 0 Å². The first-order valence-electron chi connectivity index (χ1n) is 9.70. The van der Waals surface area contributed by atoms with E-state index in [1.165, 1.54) is 54.5 Å². The fourth-order valence-electron chi connectivity index (χ4n) is 3.53. The molecular weight excluding hydrogens is 418 g/mol. The van der Waals surface area contributed by atoms with Gasteiger partial charge < -0.3 is 24.7 Å². The number of aliphatic hydroxyl groups excluding tert-OH is 1. The highest BCUT2D eigenvalue weighted by atomic mass is 16.6. The molecule has 2 N–H and O–H groups in total. The Bertz CT molecular complexity index is 1090. The number of nitrogens with zero attached hydrogens (tertiary/aromatic N) is 3. The van der Waals surface area contributed by atoms with Gasteiger partial charge in [-0.3, -0.25) is 19.7 Å². The monoisotopic (exact) mass is 441 g/mol. The number of hydrogen-bond donors (Lipinski definition) is 2. The second-order valence-corrected chi connectivity index (χ2v) is 7.53. The lowest BCUT2D eigenvalue weighted by Crippen LogP contribution is -2.35. The standard InChI is InChI=1S/C22H23N3O7/c1-23(2)10-11-24-19(13-4-6-14(7-5-13)25(30)31)18(21(28)22(24)29)20(27)16-9-8-15(32-3)12-17(16)26/h4-9,12,19,26-27H,10-11H2,1-3H3/b20-18-. The number of phenols is 1. The summed E-state index contributed by atoms with van der Waals surface area (Å²) < 4.78 is 5.04. The van der Waals surface area contributed by atoms with E-state index in [4.69, 9.17) is 4.74 Å². The van der Waals surface area contributed by atoms with Gasteiger partial charge in [0.25, 0.3) is 17.4 Å². The second kappa shape index (κ2) is 9.06. The molecule has 0 spiro atoms. The molecule has 3 rings (SSSR count). The van der Waals surface area contributed by atoms with Crippen LogP contribution in [-0.4, -0.2) is 70.9 Å². The quantitative estimate of drug-likeness (QED) is 0.220. The number of hydrogen-bond acceptors (Lipinski definition) is 8. The van der Waals surface area contributed by atoms with E-state index in [9.17, 15) is 29.9 Å². The largest absolute Gasteiger partial charge is 0.507 e. The SMILES string of the molecule is COc1ccc(/C(O)=C2/C(=O)C(=O)N(CCN(C)C)C2c2ccc([N+](=O)[O-])cc2)c(O)c1. The van der Waals surface area contributed by atoms with E-state index >= 15 is 0 Å². The lowest BCUT2D eigenvalue weighted by molar-refractivity contribution is -0.384. The fourth-order valence-corrected chi connectivity index (χ4v) is 3.53. The average molecular weight is 441 g/mol. The number of ether oxygens (including phenoxy) is 1. The number of methoxy groups -OCH3 is 1. The number of non-ortho nitro benzene ring substituents is 1. The van der Waals surface area contributed by atoms with E-state index < -0.39 is 28.4 Å². The van der Waals surface area contributed by atoms with Gasteiger partial charge in [0.15, 0.2) is 0 Å². The number of ketones is 1. The minimum atomic E-state index is -0.975. The zero-order valence-electron chi connectivity index (χ0n) is 17.8. The number of benzene rings is 2. The van der Waals surface area contributed by atoms with Crippen LogP contribution in [0.4, 0.5) is 5.69 Å². The third-order valence-electron chi connectivity index (χ3n) is 5.21. The van der Waals surface area contributed by atoms with Crippen LogP contribution in [0.3, 0.4) is 0 Å². The number of carbonyl (C=O) groups is 2. The zero-order chi connectivity index (χ0) is 23.6. The minimum Gasteiger partial charge on any atom is -0.507 e. The van der Waals surface area contributed by atoms with Gasteiger partial charge in [0.05, 0.1) is 29.2 Å². The summed E-state index contributed by atoms with van der Waals surface area (Å²) in [5, 5.41) is 32.3. The highest BCUT2D eigenvalue weighted by molar-refractivity contribution is 6.46. The number of likely N-dealkylation sites (N-methyl/N-ethyl adjacent to an activating group) is 1. The van der Waals surface area contributed by atoms with Crippen molar-refractivity contribution in [3.63, 3.8) is 0 Å². The van der Waals surface area contributed by atoms with Gasteiger partial charge in [-0.25, -0.2) is 0 Å². The highest BCUT2D eigenvalue weighted by Crippen LogP contribution is 2.41. The molecule has 1 heterocycles. The Labute approximate surface area is 184 Å². The first-order chi connectivity index (χ1) is 15.1. The molecule has 1 amide bonds. The molecule has 10 heteroatoms. The van der Waals surface area contributed by atoms with Gasteiger partial charge in [-0.1, -0.05) is 0 Å². The molecule has 1 unspecified atom stereocenters. The summed E-state index contributed by atoms with van der Waals surface area (Å²) in [6.45, 7) is 0.634. The van der Waals surface area contributed by atoms with Crippen molar-refractivity contribution in [2.45, 2.75) is 6.04 Å². The maximum absolute atomic E-state index is 12.9. The molecular formula is C22H23N3O7. The summed E-state index contributed by atoms with van der Waals surface area (Å²) in [7, 11) is 5.04. The highest BCUT2D eigenvalue weighted by Gasteiger charge is 2.46. The van der Waals surface area contributed by atoms with Crippen molar-refractivity contribution < 1.29 is 29.5 Å². The van der Waals surface area contributed by atoms with E-state index in [2.05, 4.69) is 0 Å². The Morgan fingerprint density at radius 3 is 2.38 bits per heavy atom. The molecule has 2 aromatic rings. The molecule has 0 bridgehead atoms. The number of rotatable bonds is 7. The van der Waals surface area contributed by atoms with E-state index in [-0.39, 0.29) is 29.1 Å². The summed E-state index contributed by atoms with van der Waals surface area (Å²) in [6, 6.07) is 8.60. The smallest absolute Gasteiger partial charge is 0.295 e. The van der Waals surface area contributed by atoms with Gasteiger partial charge in [-0.2, -0.15) is 0 Å². The molecule has 10 nitrogen and oxygen atoms in total. The van der Waals surface area contributed by atoms with E-state index in [0.717, 1.165) is 0 Å². The molecule has 0 aromatic heterocycles. The summed E-state index contributed by atoms with van der Waals surface area (Å²) in [5.41, 5.74) is 0.0290. The lowest BCUT2D eigenvalue weighted by Gasteiger charge is -2.26. The van der Waals surface area contributed by atoms with Crippen LogP contribution >= 0.6 is 0 Å². The van der Waals surface area contributed by atoms with Crippen LogP contribution in [-0.2, 0) is 9.59 Å². The summed E-state index contributed by atoms with van der Waals surface area (Å²) in [5.74, 6) is -2.23. The van der Waals surface area contributed by atoms with Crippen LogP contribution in [0.1, 0.15) is 17.2 Å². The molecule has 0 saturated carbocycles. The third kappa shape index (κ3) is 4.26. The maximum atomic E-state index is 12.9. The number of likely N-dealkylation sites (tertiary alicyclic amines) is 1. The van der Waals surface area contributed by atoms with Crippen LogP contribution in [0.5, 0.6) is 11.5 Å². The van der Waals surface area contributed by atoms with Crippen LogP contribution in [0.25, 0.3) is 5.76 Å². The molecule has 1 atom stereocenters. The van der Waals surface area contributed by atoms with Gasteiger partial charge in [0.2, 0.25) is 0 Å². The van der Waals surface area contributed by atoms with Gasteiger partial charge in [-0.05, 0) is 43.9 Å². The normalized spacial score (nSPS) is 17.8. The molecule has 1 fully saturated rings. The van der Waals surface area contributed by atoms with Crippen molar-refractivity contribution in [3.8, 4) is 11.5 Å². The number of carbonyl (C=O) groups excluding carboxylic acids is 2. The average Bonchev–Trinajstić information content (AvgIpc) is 3.01. The number of nitro groups is 1. The number of phenolic OH excluding ortho intramolecular Hbond substituents is 1. The van der Waals surface area contributed by atoms with Crippen molar-refractivity contribution >= 4 is 23.1 Å². The molecule has 2 aromatic carbocycles. The van der Waals surface area contributed by atoms with Crippen LogP contribution in [0.15, 0.2) is 48.0 Å². The number of Topliss-reactive ketones (excluding diaryl/α,β-unsaturated/α-hetero) is 1. The second-order valence-electron chi connectivity index (χ2n) is 7.53. The molecule has 1 aliphatic rings. The van der Waals surface area contributed by atoms with Crippen LogP contribution in [0, 0.1) is 10.1 Å². The van der Waals surface area contributed by atoms with Crippen molar-refractivity contribution in [3.05, 3.63) is 69.3 Å². The van der Waals surface area contributed by atoms with Crippen molar-refractivity contribution in [1.29, 1.82) is 0 Å². The first-order valence-corrected chi connectivity index (χ1v) is 9.70. The number of nitro benzene ring substituents is 1. The van der Waals surface area contributed by atoms with Gasteiger partial charge in [-0.15, -0.1) is 0 Å². The van der Waals surface area contributed by atoms with Gasteiger partial charge in [0.1, 0.15) is 17.3 Å². The third-order valence-corrected chi connectivity index (χ3v) is 5.21. The molecule has 168 valence electrons. The molecule has 0 aliphatic carbocycles. The zero-order valence-corrected chi connectivity index (χ0v) is 17.8. The minimum absolute atomic E-state index is 0.0386. The Balaban J connectivity index is 2.16. The fraction of sp³-hybridized carbons (Fsp3) is 0.273. The van der Waals surface area contributed by atoms with Gasteiger partial charge >= 0.3 is 0 Å². The van der Waals surface area contributed by atoms with E-state index in [0.29, 0.717) is 17.9 Å². The Hall–Kier alpha value is -3.92. The predicted molar refractivity (Wildman–Crippen MR) is 115 cm³/mol. The van der Waals surface area contributed by atoms with Crippen LogP contribution in [0.2, 0.25) is 0 Å². The number of aromatic hydroxyl groups is 1. The molecule has 32 heavy (non-hydrogen) atoms. The van der Waals surface area contributed by atoms with E-state index in [1.807, 2.05) is 19.0 Å². The summed E-state index contributed by atoms with van der Waals surface area (Å²) in [6.07, 6.45) is 0. The van der Waals surface area contributed by atoms with Crippen molar-refractivity contribution in [1.82, 2.24) is 9.80 Å². The molecule has 1 aliphatic heterocycles. The topological polar surface area (TPSA) is 133 Å². The van der Waals surface area contributed by atoms with E-state index in [1.54, 1.807) is 0 Å². The Kier molecular flexibility index (Phi) is 6.45. The summed E-state index contributed by atoms with van der Waals surface area (Å²) >= 11 is 0. The molecule has 0 radical (unpaired) electrons. The van der Waals surface area contributed by atoms with Crippen molar-refractivity contribution in [2.75, 3.05) is 34.3 Å². The van der Waals surface area contributed by atoms with Crippen LogP contribution < -0.4 is 4.74 Å². The van der Waals surface area contributed by atoms with Gasteiger partial charge in [0, 0.05) is 31.3 Å². The molecule has 1 saturated heterocycles. The maximum Gasteiger partial charge on any atom is 0.295 e. The number of aliphatic hydroxyl groups is 1. The first kappa shape index (κ1) is 22.8. The Morgan fingerprint density at radius 2 is 1.84 bits per heavy atom. The summed E-state index contributed by atoms with van der Waals surface area (Å²) in [4.78, 5) is 39.4. The predicted octanol–water partition coefficient (Wildman–Crippen LogP) is 2.29. The Morgan fingerprint density at radius 1 is 1.19 bits per heavy atom. The lowest BCUT2D eigenvalue weighted by atomic mass is 9.95. The number of amides is 1.